The minimum atomic E-state index is -1.26. The molecule has 0 heterocycles. The molecule has 1 aromatic carbocycles. The highest BCUT2D eigenvalue weighted by molar-refractivity contribution is 6.77. The molecule has 0 bridgehead atoms. The summed E-state index contributed by atoms with van der Waals surface area (Å²) < 4.78 is 0. The summed E-state index contributed by atoms with van der Waals surface area (Å²) in [7, 11) is -1.26. The Morgan fingerprint density at radius 1 is 0.706 bits per heavy atom. The Morgan fingerprint density at radius 2 is 1.15 bits per heavy atom. The molecule has 0 aromatic heterocycles. The maximum atomic E-state index is 12.4. The van der Waals surface area contributed by atoms with Crippen molar-refractivity contribution in [1.82, 2.24) is 5.32 Å². The van der Waals surface area contributed by atoms with Crippen LogP contribution in [0.15, 0.2) is 30.3 Å². The predicted molar refractivity (Wildman–Crippen MR) is 154 cm³/mol. The maximum Gasteiger partial charge on any atom is 0.220 e. The first-order valence-corrected chi connectivity index (χ1v) is 18.2. The van der Waals surface area contributed by atoms with Crippen LogP contribution in [0.3, 0.4) is 0 Å². The van der Waals surface area contributed by atoms with Crippen LogP contribution in [0.4, 0.5) is 0 Å². The Balaban J connectivity index is 1.92. The van der Waals surface area contributed by atoms with E-state index in [1.165, 1.54) is 114 Å². The van der Waals surface area contributed by atoms with E-state index in [2.05, 4.69) is 44.4 Å². The average molecular weight is 488 g/mol. The predicted octanol–water partition coefficient (Wildman–Crippen LogP) is 10.2. The fourth-order valence-corrected chi connectivity index (χ4v) is 7.23. The summed E-state index contributed by atoms with van der Waals surface area (Å²) in [6.45, 7) is 9.30. The molecule has 1 amide bonds. The highest BCUT2D eigenvalue weighted by Crippen LogP contribution is 2.22. The van der Waals surface area contributed by atoms with Gasteiger partial charge in [0.15, 0.2) is 0 Å². The van der Waals surface area contributed by atoms with E-state index in [1.54, 1.807) is 0 Å². The first-order chi connectivity index (χ1) is 16.4. The molecule has 0 aliphatic heterocycles. The monoisotopic (exact) mass is 487 g/mol. The third-order valence-electron chi connectivity index (χ3n) is 7.41. The molecule has 1 unspecified atom stereocenters. The highest BCUT2D eigenvalue weighted by atomic mass is 28.3. The number of rotatable bonds is 22. The molecule has 0 fully saturated rings. The summed E-state index contributed by atoms with van der Waals surface area (Å²) >= 11 is 0. The molecule has 1 rings (SSSR count). The first-order valence-electron chi connectivity index (χ1n) is 14.8. The third kappa shape index (κ3) is 17.4. The lowest BCUT2D eigenvalue weighted by atomic mass is 10.0. The van der Waals surface area contributed by atoms with Gasteiger partial charge in [0.25, 0.3) is 0 Å². The van der Waals surface area contributed by atoms with Crippen molar-refractivity contribution in [3.05, 3.63) is 35.9 Å². The van der Waals surface area contributed by atoms with E-state index in [-0.39, 0.29) is 11.9 Å². The van der Waals surface area contributed by atoms with Gasteiger partial charge in [-0.2, -0.15) is 0 Å². The highest BCUT2D eigenvalue weighted by Gasteiger charge is 2.21. The van der Waals surface area contributed by atoms with Crippen LogP contribution in [-0.2, 0) is 4.79 Å². The molecule has 196 valence electrons. The lowest BCUT2D eigenvalue weighted by Gasteiger charge is -2.23. The van der Waals surface area contributed by atoms with Crippen molar-refractivity contribution in [1.29, 1.82) is 0 Å². The zero-order chi connectivity index (χ0) is 24.9. The minimum Gasteiger partial charge on any atom is -0.350 e. The van der Waals surface area contributed by atoms with Gasteiger partial charge in [-0.25, -0.2) is 0 Å². The Labute approximate surface area is 214 Å². The van der Waals surface area contributed by atoms with Crippen molar-refractivity contribution in [3.63, 3.8) is 0 Å². The summed E-state index contributed by atoms with van der Waals surface area (Å²) in [4.78, 5) is 12.4. The SMILES string of the molecule is CCCCCCCCCCCCCCCCCC[Si](C)(C)CCC(=O)NC(C)c1ccccc1. The van der Waals surface area contributed by atoms with Gasteiger partial charge >= 0.3 is 0 Å². The van der Waals surface area contributed by atoms with Gasteiger partial charge < -0.3 is 5.32 Å². The van der Waals surface area contributed by atoms with Gasteiger partial charge in [-0.3, -0.25) is 4.79 Å². The van der Waals surface area contributed by atoms with Crippen LogP contribution in [0.2, 0.25) is 25.2 Å². The van der Waals surface area contributed by atoms with Crippen LogP contribution < -0.4 is 5.32 Å². The van der Waals surface area contributed by atoms with Crippen molar-refractivity contribution in [3.8, 4) is 0 Å². The van der Waals surface area contributed by atoms with Crippen molar-refractivity contribution in [2.45, 2.75) is 154 Å². The Bertz CT molecular complexity index is 601. The van der Waals surface area contributed by atoms with Crippen LogP contribution in [0, 0.1) is 0 Å². The molecule has 1 N–H and O–H groups in total. The smallest absolute Gasteiger partial charge is 0.220 e. The second-order valence-corrected chi connectivity index (χ2v) is 16.7. The second kappa shape index (κ2) is 20.1. The van der Waals surface area contributed by atoms with E-state index in [0.29, 0.717) is 6.42 Å². The van der Waals surface area contributed by atoms with Crippen LogP contribution in [0.5, 0.6) is 0 Å². The number of hydrogen-bond acceptors (Lipinski definition) is 1. The zero-order valence-corrected chi connectivity index (χ0v) is 24.3. The lowest BCUT2D eigenvalue weighted by molar-refractivity contribution is -0.121. The van der Waals surface area contributed by atoms with Gasteiger partial charge in [0.1, 0.15) is 0 Å². The summed E-state index contributed by atoms with van der Waals surface area (Å²) in [5, 5.41) is 3.18. The van der Waals surface area contributed by atoms with Crippen molar-refractivity contribution in [2.24, 2.45) is 0 Å². The van der Waals surface area contributed by atoms with Gasteiger partial charge in [0, 0.05) is 14.5 Å². The van der Waals surface area contributed by atoms with Crippen molar-refractivity contribution in [2.75, 3.05) is 0 Å². The fraction of sp³-hybridized carbons (Fsp3) is 0.774. The van der Waals surface area contributed by atoms with E-state index < -0.39 is 8.07 Å². The summed E-state index contributed by atoms with van der Waals surface area (Å²) in [5.41, 5.74) is 1.18. The minimum absolute atomic E-state index is 0.0961. The Morgan fingerprint density at radius 3 is 1.62 bits per heavy atom. The number of unbranched alkanes of at least 4 members (excludes halogenated alkanes) is 15. The Hall–Kier alpha value is -1.09. The number of carbonyl (C=O) groups excluding carboxylic acids is 1. The number of benzene rings is 1. The fourth-order valence-electron chi connectivity index (χ4n) is 4.87. The lowest BCUT2D eigenvalue weighted by Crippen LogP contribution is -2.31. The van der Waals surface area contributed by atoms with E-state index in [1.807, 2.05) is 18.2 Å². The molecular formula is C31H57NOSi. The second-order valence-electron chi connectivity index (χ2n) is 11.4. The molecule has 3 heteroatoms. The molecule has 0 aliphatic rings. The molecule has 0 spiro atoms. The normalized spacial score (nSPS) is 12.6. The Kier molecular flexibility index (Phi) is 18.3. The van der Waals surface area contributed by atoms with Gasteiger partial charge in [-0.05, 0) is 18.5 Å². The van der Waals surface area contributed by atoms with Gasteiger partial charge in [0.2, 0.25) is 5.91 Å². The quantitative estimate of drug-likeness (QED) is 0.128. The van der Waals surface area contributed by atoms with E-state index in [9.17, 15) is 4.79 Å². The average Bonchev–Trinajstić information content (AvgIpc) is 2.83. The molecule has 0 radical (unpaired) electrons. The van der Waals surface area contributed by atoms with Gasteiger partial charge in [0.05, 0.1) is 6.04 Å². The third-order valence-corrected chi connectivity index (χ3v) is 10.7. The largest absolute Gasteiger partial charge is 0.350 e. The summed E-state index contributed by atoms with van der Waals surface area (Å²) in [6.07, 6.45) is 23.5. The number of carbonyl (C=O) groups is 1. The van der Waals surface area contributed by atoms with Gasteiger partial charge in [-0.15, -0.1) is 0 Å². The number of nitrogens with one attached hydrogen (secondary N) is 1. The molecule has 0 saturated carbocycles. The van der Waals surface area contributed by atoms with Crippen LogP contribution >= 0.6 is 0 Å². The van der Waals surface area contributed by atoms with Gasteiger partial charge in [-0.1, -0.05) is 159 Å². The molecule has 0 aliphatic carbocycles. The van der Waals surface area contributed by atoms with E-state index in [4.69, 9.17) is 0 Å². The van der Waals surface area contributed by atoms with Crippen molar-refractivity contribution < 1.29 is 4.79 Å². The molecule has 2 nitrogen and oxygen atoms in total. The zero-order valence-electron chi connectivity index (χ0n) is 23.3. The van der Waals surface area contributed by atoms with Crippen LogP contribution in [-0.4, -0.2) is 14.0 Å². The molecular weight excluding hydrogens is 430 g/mol. The molecule has 34 heavy (non-hydrogen) atoms. The van der Waals surface area contributed by atoms with Crippen molar-refractivity contribution >= 4 is 14.0 Å². The van der Waals surface area contributed by atoms with E-state index in [0.717, 1.165) is 6.04 Å². The summed E-state index contributed by atoms with van der Waals surface area (Å²) in [6, 6.07) is 12.8. The molecule has 1 atom stereocenters. The van der Waals surface area contributed by atoms with Crippen LogP contribution in [0.25, 0.3) is 0 Å². The number of amides is 1. The number of hydrogen-bond donors (Lipinski definition) is 1. The standard InChI is InChI=1S/C31H57NOSi/c1-5-6-7-8-9-10-11-12-13-14-15-16-17-18-19-23-27-34(3,4)28-26-31(33)32-29(2)30-24-21-20-22-25-30/h20-22,24-25,29H,5-19,23,26-28H2,1-4H3,(H,32,33). The maximum absolute atomic E-state index is 12.4. The van der Waals surface area contributed by atoms with E-state index >= 15 is 0 Å². The molecule has 0 saturated heterocycles. The first kappa shape index (κ1) is 30.9. The van der Waals surface area contributed by atoms with Crippen LogP contribution in [0.1, 0.15) is 135 Å². The summed E-state index contributed by atoms with van der Waals surface area (Å²) in [5.74, 6) is 0.212. The molecule has 1 aromatic rings. The topological polar surface area (TPSA) is 29.1 Å².